The van der Waals surface area contributed by atoms with Gasteiger partial charge in [0, 0.05) is 5.56 Å². The van der Waals surface area contributed by atoms with Crippen LogP contribution in [-0.4, -0.2) is 42.9 Å². The molecular formula is C20H23FO6S. The van der Waals surface area contributed by atoms with Crippen LogP contribution < -0.4 is 4.74 Å². The van der Waals surface area contributed by atoms with Crippen molar-refractivity contribution in [2.45, 2.75) is 37.7 Å². The molecule has 0 amide bonds. The number of carbonyl (C=O) groups excluding carboxylic acids is 1. The molecule has 2 aromatic rings. The number of ether oxygens (including phenoxy) is 1. The predicted octanol–water partition coefficient (Wildman–Crippen LogP) is 2.90. The lowest BCUT2D eigenvalue weighted by molar-refractivity contribution is 0.101. The van der Waals surface area contributed by atoms with Crippen molar-refractivity contribution >= 4 is 15.6 Å². The highest BCUT2D eigenvalue weighted by Gasteiger charge is 2.22. The van der Waals surface area contributed by atoms with Crippen LogP contribution in [0.25, 0.3) is 0 Å². The summed E-state index contributed by atoms with van der Waals surface area (Å²) in [7, 11) is -3.90. The van der Waals surface area contributed by atoms with Crippen molar-refractivity contribution in [1.29, 1.82) is 0 Å². The van der Waals surface area contributed by atoms with Gasteiger partial charge in [0.25, 0.3) is 0 Å². The largest absolute Gasteiger partial charge is 0.507 e. The number of hydrogen-bond donors (Lipinski definition) is 2. The molecule has 152 valence electrons. The van der Waals surface area contributed by atoms with Crippen molar-refractivity contribution in [3.05, 3.63) is 53.3 Å². The van der Waals surface area contributed by atoms with Gasteiger partial charge in [-0.1, -0.05) is 19.4 Å². The van der Waals surface area contributed by atoms with Crippen LogP contribution in [0.1, 0.15) is 36.2 Å². The number of halogens is 1. The molecule has 0 aromatic heterocycles. The second-order valence-electron chi connectivity index (χ2n) is 6.45. The van der Waals surface area contributed by atoms with Gasteiger partial charge in [0.15, 0.2) is 15.6 Å². The van der Waals surface area contributed by atoms with Gasteiger partial charge in [-0.05, 0) is 43.7 Å². The minimum Gasteiger partial charge on any atom is -0.507 e. The van der Waals surface area contributed by atoms with Gasteiger partial charge in [0.1, 0.15) is 30.0 Å². The van der Waals surface area contributed by atoms with Crippen molar-refractivity contribution < 1.29 is 32.6 Å². The molecule has 0 aliphatic carbocycles. The van der Waals surface area contributed by atoms with Gasteiger partial charge in [-0.15, -0.1) is 0 Å². The lowest BCUT2D eigenvalue weighted by Crippen LogP contribution is -2.27. The summed E-state index contributed by atoms with van der Waals surface area (Å²) in [6.07, 6.45) is -0.237. The van der Waals surface area contributed by atoms with E-state index in [1.165, 1.54) is 31.2 Å². The van der Waals surface area contributed by atoms with E-state index in [0.717, 1.165) is 12.1 Å². The number of ketones is 1. The normalized spacial score (nSPS) is 12.6. The average Bonchev–Trinajstić information content (AvgIpc) is 2.61. The monoisotopic (exact) mass is 410 g/mol. The van der Waals surface area contributed by atoms with Crippen LogP contribution in [0.5, 0.6) is 11.5 Å². The second-order valence-corrected chi connectivity index (χ2v) is 8.48. The van der Waals surface area contributed by atoms with Crippen LogP contribution >= 0.6 is 0 Å². The lowest BCUT2D eigenvalue weighted by Gasteiger charge is -2.17. The van der Waals surface area contributed by atoms with Crippen LogP contribution in [0.4, 0.5) is 4.39 Å². The third kappa shape index (κ3) is 5.30. The number of hydrogen-bond acceptors (Lipinski definition) is 6. The van der Waals surface area contributed by atoms with E-state index in [1.54, 1.807) is 0 Å². The summed E-state index contributed by atoms with van der Waals surface area (Å²) in [4.78, 5) is 11.4. The summed E-state index contributed by atoms with van der Waals surface area (Å²) in [6.45, 7) is 2.89. The summed E-state index contributed by atoms with van der Waals surface area (Å²) in [5, 5.41) is 20.4. The molecular weight excluding hydrogens is 387 g/mol. The molecule has 2 aromatic carbocycles. The van der Waals surface area contributed by atoms with Crippen molar-refractivity contribution in [2.75, 3.05) is 12.4 Å². The van der Waals surface area contributed by atoms with Crippen LogP contribution in [0.3, 0.4) is 0 Å². The minimum absolute atomic E-state index is 0.171. The van der Waals surface area contributed by atoms with E-state index < -0.39 is 27.5 Å². The molecule has 2 N–H and O–H groups in total. The van der Waals surface area contributed by atoms with Crippen molar-refractivity contribution in [3.8, 4) is 11.5 Å². The molecule has 0 heterocycles. The SMILES string of the molecule is CCCc1c(OCC(O)CS(=O)(=O)c2cccc(F)c2)ccc(C(C)=O)c1O. The number of phenols is 1. The summed E-state index contributed by atoms with van der Waals surface area (Å²) in [5.41, 5.74) is 0.598. The van der Waals surface area contributed by atoms with Crippen molar-refractivity contribution in [1.82, 2.24) is 0 Å². The maximum atomic E-state index is 13.2. The fraction of sp³-hybridized carbons (Fsp3) is 0.350. The van der Waals surface area contributed by atoms with Gasteiger partial charge < -0.3 is 14.9 Å². The molecule has 0 spiro atoms. The van der Waals surface area contributed by atoms with E-state index in [1.807, 2.05) is 6.92 Å². The first kappa shape index (κ1) is 21.8. The lowest BCUT2D eigenvalue weighted by atomic mass is 10.0. The minimum atomic E-state index is -3.90. The molecule has 0 bridgehead atoms. The predicted molar refractivity (Wildman–Crippen MR) is 102 cm³/mol. The topological polar surface area (TPSA) is 101 Å². The van der Waals surface area contributed by atoms with Crippen molar-refractivity contribution in [2.24, 2.45) is 0 Å². The summed E-state index contributed by atoms with van der Waals surface area (Å²) in [5.74, 6) is -1.52. The first-order chi connectivity index (χ1) is 13.2. The van der Waals surface area contributed by atoms with Gasteiger partial charge in [0.2, 0.25) is 0 Å². The smallest absolute Gasteiger partial charge is 0.181 e. The standard InChI is InChI=1S/C20H23FO6S/c1-3-5-18-19(9-8-17(13(2)22)20(18)24)27-11-15(23)12-28(25,26)16-7-4-6-14(21)10-16/h4,6-10,15,23-24H,3,5,11-12H2,1-2H3. The third-order valence-electron chi connectivity index (χ3n) is 4.12. The fourth-order valence-corrected chi connectivity index (χ4v) is 4.15. The molecule has 0 aliphatic heterocycles. The molecule has 0 saturated carbocycles. The number of carbonyl (C=O) groups is 1. The van der Waals surface area contributed by atoms with E-state index in [-0.39, 0.29) is 34.3 Å². The van der Waals surface area contributed by atoms with Crippen LogP contribution in [0, 0.1) is 5.82 Å². The summed E-state index contributed by atoms with van der Waals surface area (Å²) in [6, 6.07) is 7.48. The Labute approximate surface area is 163 Å². The highest BCUT2D eigenvalue weighted by atomic mass is 32.2. The first-order valence-electron chi connectivity index (χ1n) is 8.80. The Kier molecular flexibility index (Phi) is 7.15. The zero-order valence-electron chi connectivity index (χ0n) is 15.7. The Morgan fingerprint density at radius 1 is 1.25 bits per heavy atom. The maximum Gasteiger partial charge on any atom is 0.181 e. The summed E-state index contributed by atoms with van der Waals surface area (Å²) < 4.78 is 43.3. The quantitative estimate of drug-likeness (QED) is 0.617. The Bertz CT molecular complexity index is 955. The van der Waals surface area contributed by atoms with Gasteiger partial charge in [-0.2, -0.15) is 0 Å². The number of phenolic OH excluding ortho intramolecular Hbond substituents is 1. The molecule has 2 rings (SSSR count). The molecule has 0 aliphatic rings. The highest BCUT2D eigenvalue weighted by molar-refractivity contribution is 7.91. The fourth-order valence-electron chi connectivity index (χ4n) is 2.77. The van der Waals surface area contributed by atoms with Crippen LogP contribution in [-0.2, 0) is 16.3 Å². The maximum absolute atomic E-state index is 13.2. The van der Waals surface area contributed by atoms with E-state index in [0.29, 0.717) is 18.4 Å². The second kappa shape index (κ2) is 9.16. The Morgan fingerprint density at radius 2 is 1.96 bits per heavy atom. The number of sulfone groups is 1. The van der Waals surface area contributed by atoms with Gasteiger partial charge >= 0.3 is 0 Å². The van der Waals surface area contributed by atoms with Crippen LogP contribution in [0.2, 0.25) is 0 Å². The number of aliphatic hydroxyl groups excluding tert-OH is 1. The number of aliphatic hydroxyl groups is 1. The number of aromatic hydroxyl groups is 1. The molecule has 0 saturated heterocycles. The third-order valence-corrected chi connectivity index (χ3v) is 5.91. The Morgan fingerprint density at radius 3 is 2.57 bits per heavy atom. The molecule has 0 radical (unpaired) electrons. The van der Waals surface area contributed by atoms with Crippen molar-refractivity contribution in [3.63, 3.8) is 0 Å². The highest BCUT2D eigenvalue weighted by Crippen LogP contribution is 2.33. The Balaban J connectivity index is 2.13. The zero-order chi connectivity index (χ0) is 20.9. The number of benzene rings is 2. The van der Waals surface area contributed by atoms with Gasteiger partial charge in [-0.3, -0.25) is 4.79 Å². The molecule has 0 fully saturated rings. The van der Waals surface area contributed by atoms with E-state index in [9.17, 15) is 27.8 Å². The Hall–Kier alpha value is -2.45. The van der Waals surface area contributed by atoms with Crippen LogP contribution in [0.15, 0.2) is 41.3 Å². The van der Waals surface area contributed by atoms with Gasteiger partial charge in [-0.25, -0.2) is 12.8 Å². The average molecular weight is 410 g/mol. The molecule has 6 nitrogen and oxygen atoms in total. The first-order valence-corrected chi connectivity index (χ1v) is 10.5. The van der Waals surface area contributed by atoms with E-state index >= 15 is 0 Å². The van der Waals surface area contributed by atoms with E-state index in [4.69, 9.17) is 4.74 Å². The zero-order valence-corrected chi connectivity index (χ0v) is 16.5. The molecule has 28 heavy (non-hydrogen) atoms. The molecule has 8 heteroatoms. The number of rotatable bonds is 9. The van der Waals surface area contributed by atoms with Gasteiger partial charge in [0.05, 0.1) is 16.2 Å². The molecule has 1 unspecified atom stereocenters. The molecule has 1 atom stereocenters. The summed E-state index contributed by atoms with van der Waals surface area (Å²) >= 11 is 0. The number of Topliss-reactive ketones (excluding diaryl/α,β-unsaturated/α-hetero) is 1. The van der Waals surface area contributed by atoms with E-state index in [2.05, 4.69) is 0 Å².